The Morgan fingerprint density at radius 2 is 1.70 bits per heavy atom. The largest absolute Gasteiger partial charge is 0.436 e. The quantitative estimate of drug-likeness (QED) is 0.472. The Hall–Kier alpha value is -2.32. The molecule has 0 aliphatic heterocycles. The number of fused-ring (bicyclic) bond motifs is 2. The molecule has 0 saturated carbocycles. The van der Waals surface area contributed by atoms with Gasteiger partial charge < -0.3 is 4.42 Å². The number of hydrogen-bond acceptors (Lipinski definition) is 2. The lowest BCUT2D eigenvalue weighted by atomic mass is 10.0. The molecule has 2 nitrogen and oxygen atoms in total. The summed E-state index contributed by atoms with van der Waals surface area (Å²) in [4.78, 5) is 4.55. The van der Waals surface area contributed by atoms with E-state index >= 15 is 0 Å². The average Bonchev–Trinajstić information content (AvgIpc) is 2.90. The molecule has 0 fully saturated rings. The highest BCUT2D eigenvalue weighted by Gasteiger charge is 2.12. The second kappa shape index (κ2) is 4.36. The minimum atomic E-state index is 0.602. The van der Waals surface area contributed by atoms with Crippen LogP contribution in [-0.2, 0) is 0 Å². The van der Waals surface area contributed by atoms with Crippen LogP contribution in [0.15, 0.2) is 65.1 Å². The van der Waals surface area contributed by atoms with E-state index in [2.05, 4.69) is 11.1 Å². The van der Waals surface area contributed by atoms with Crippen LogP contribution in [0.1, 0.15) is 0 Å². The number of aromatic nitrogens is 1. The van der Waals surface area contributed by atoms with Crippen LogP contribution in [0.25, 0.3) is 33.3 Å². The van der Waals surface area contributed by atoms with Gasteiger partial charge >= 0.3 is 0 Å². The summed E-state index contributed by atoms with van der Waals surface area (Å²) in [5.41, 5.74) is 2.56. The number of rotatable bonds is 1. The van der Waals surface area contributed by atoms with Crippen molar-refractivity contribution in [2.45, 2.75) is 0 Å². The van der Waals surface area contributed by atoms with Gasteiger partial charge in [-0.3, -0.25) is 0 Å². The zero-order valence-corrected chi connectivity index (χ0v) is 11.3. The average molecular weight is 280 g/mol. The highest BCUT2D eigenvalue weighted by atomic mass is 35.5. The zero-order valence-electron chi connectivity index (χ0n) is 10.5. The highest BCUT2D eigenvalue weighted by molar-refractivity contribution is 6.32. The van der Waals surface area contributed by atoms with E-state index in [1.807, 2.05) is 54.6 Å². The minimum absolute atomic E-state index is 0.602. The van der Waals surface area contributed by atoms with Gasteiger partial charge in [-0.05, 0) is 35.0 Å². The van der Waals surface area contributed by atoms with Crippen molar-refractivity contribution in [1.82, 2.24) is 4.98 Å². The van der Waals surface area contributed by atoms with Crippen LogP contribution in [0.3, 0.4) is 0 Å². The number of para-hydroxylation sites is 2. The molecule has 0 N–H and O–H groups in total. The number of hydrogen-bond donors (Lipinski definition) is 0. The summed E-state index contributed by atoms with van der Waals surface area (Å²) in [5, 5.41) is 2.85. The van der Waals surface area contributed by atoms with Gasteiger partial charge in [0.05, 0.1) is 0 Å². The van der Waals surface area contributed by atoms with Gasteiger partial charge in [0.2, 0.25) is 5.89 Å². The molecular formula is C17H10ClNO. The van der Waals surface area contributed by atoms with Crippen LogP contribution in [0.4, 0.5) is 0 Å². The molecule has 0 amide bonds. The first-order chi connectivity index (χ1) is 9.81. The fourth-order valence-electron chi connectivity index (χ4n) is 2.44. The highest BCUT2D eigenvalue weighted by Crippen LogP contribution is 2.33. The molecule has 96 valence electrons. The van der Waals surface area contributed by atoms with Gasteiger partial charge in [-0.15, -0.1) is 0 Å². The first-order valence-electron chi connectivity index (χ1n) is 6.35. The van der Waals surface area contributed by atoms with E-state index < -0.39 is 0 Å². The third-order valence-corrected chi connectivity index (χ3v) is 3.57. The SMILES string of the molecule is Clc1cc(-c2nc3ccccc3o2)c2ccccc2c1. The molecule has 0 spiro atoms. The van der Waals surface area contributed by atoms with Crippen LogP contribution in [-0.4, -0.2) is 4.98 Å². The van der Waals surface area contributed by atoms with Gasteiger partial charge in [0.25, 0.3) is 0 Å². The Balaban J connectivity index is 2.06. The molecule has 1 aromatic heterocycles. The van der Waals surface area contributed by atoms with Crippen molar-refractivity contribution in [3.63, 3.8) is 0 Å². The topological polar surface area (TPSA) is 26.0 Å². The molecular weight excluding hydrogens is 270 g/mol. The second-order valence-corrected chi connectivity index (χ2v) is 5.10. The lowest BCUT2D eigenvalue weighted by molar-refractivity contribution is 0.620. The molecule has 0 radical (unpaired) electrons. The van der Waals surface area contributed by atoms with Gasteiger partial charge in [0.15, 0.2) is 5.58 Å². The van der Waals surface area contributed by atoms with Gasteiger partial charge in [-0.1, -0.05) is 48.0 Å². The number of halogens is 1. The van der Waals surface area contributed by atoms with E-state index in [9.17, 15) is 0 Å². The standard InChI is InChI=1S/C17H10ClNO/c18-12-9-11-5-1-2-6-13(11)14(10-12)17-19-15-7-3-4-8-16(15)20-17/h1-10H. The molecule has 3 aromatic carbocycles. The van der Waals surface area contributed by atoms with Crippen molar-refractivity contribution in [3.05, 3.63) is 65.7 Å². The van der Waals surface area contributed by atoms with Crippen molar-refractivity contribution in [2.75, 3.05) is 0 Å². The van der Waals surface area contributed by atoms with Crippen LogP contribution in [0.5, 0.6) is 0 Å². The molecule has 3 heteroatoms. The predicted octanol–water partition coefficient (Wildman–Crippen LogP) is 5.30. The van der Waals surface area contributed by atoms with Gasteiger partial charge in [-0.2, -0.15) is 0 Å². The summed E-state index contributed by atoms with van der Waals surface area (Å²) in [6.07, 6.45) is 0. The molecule has 4 aromatic rings. The Bertz CT molecular complexity index is 893. The van der Waals surface area contributed by atoms with Crippen molar-refractivity contribution in [2.24, 2.45) is 0 Å². The second-order valence-electron chi connectivity index (χ2n) is 4.66. The molecule has 1 heterocycles. The Morgan fingerprint density at radius 1 is 0.900 bits per heavy atom. The Labute approximate surface area is 120 Å². The molecule has 0 aliphatic carbocycles. The maximum absolute atomic E-state index is 6.20. The molecule has 4 rings (SSSR count). The van der Waals surface area contributed by atoms with E-state index in [0.717, 1.165) is 27.4 Å². The third kappa shape index (κ3) is 1.77. The fraction of sp³-hybridized carbons (Fsp3) is 0. The Morgan fingerprint density at radius 3 is 2.60 bits per heavy atom. The number of nitrogens with zero attached hydrogens (tertiary/aromatic N) is 1. The van der Waals surface area contributed by atoms with Crippen molar-refractivity contribution in [3.8, 4) is 11.5 Å². The van der Waals surface area contributed by atoms with Crippen LogP contribution in [0.2, 0.25) is 5.02 Å². The molecule has 0 bridgehead atoms. The number of oxazole rings is 1. The summed E-state index contributed by atoms with van der Waals surface area (Å²) >= 11 is 6.20. The normalized spacial score (nSPS) is 11.2. The predicted molar refractivity (Wildman–Crippen MR) is 82.0 cm³/mol. The van der Waals surface area contributed by atoms with Gasteiger partial charge in [0, 0.05) is 10.6 Å². The molecule has 0 atom stereocenters. The summed E-state index contributed by atoms with van der Waals surface area (Å²) < 4.78 is 5.85. The maximum Gasteiger partial charge on any atom is 0.227 e. The van der Waals surface area contributed by atoms with Crippen molar-refractivity contribution in [1.29, 1.82) is 0 Å². The fourth-order valence-corrected chi connectivity index (χ4v) is 2.67. The lowest BCUT2D eigenvalue weighted by Crippen LogP contribution is -1.82. The van der Waals surface area contributed by atoms with E-state index in [4.69, 9.17) is 16.0 Å². The van der Waals surface area contributed by atoms with Crippen LogP contribution >= 0.6 is 11.6 Å². The van der Waals surface area contributed by atoms with Crippen molar-refractivity contribution >= 4 is 33.5 Å². The van der Waals surface area contributed by atoms with Crippen LogP contribution in [0, 0.1) is 0 Å². The molecule has 20 heavy (non-hydrogen) atoms. The third-order valence-electron chi connectivity index (χ3n) is 3.35. The van der Waals surface area contributed by atoms with Gasteiger partial charge in [0.1, 0.15) is 5.52 Å². The number of benzene rings is 3. The summed E-state index contributed by atoms with van der Waals surface area (Å²) in [7, 11) is 0. The summed E-state index contributed by atoms with van der Waals surface area (Å²) in [6.45, 7) is 0. The Kier molecular flexibility index (Phi) is 2.51. The first-order valence-corrected chi connectivity index (χ1v) is 6.73. The van der Waals surface area contributed by atoms with Crippen molar-refractivity contribution < 1.29 is 4.42 Å². The summed E-state index contributed by atoms with van der Waals surface area (Å²) in [5.74, 6) is 0.602. The lowest BCUT2D eigenvalue weighted by Gasteiger charge is -2.04. The zero-order chi connectivity index (χ0) is 13.5. The molecule has 0 saturated heterocycles. The van der Waals surface area contributed by atoms with E-state index in [-0.39, 0.29) is 0 Å². The molecule has 0 aliphatic rings. The summed E-state index contributed by atoms with van der Waals surface area (Å²) in [6, 6.07) is 19.7. The van der Waals surface area contributed by atoms with E-state index in [1.165, 1.54) is 0 Å². The minimum Gasteiger partial charge on any atom is -0.436 e. The monoisotopic (exact) mass is 279 g/mol. The maximum atomic E-state index is 6.20. The van der Waals surface area contributed by atoms with E-state index in [1.54, 1.807) is 0 Å². The molecule has 0 unspecified atom stereocenters. The van der Waals surface area contributed by atoms with E-state index in [0.29, 0.717) is 10.9 Å². The van der Waals surface area contributed by atoms with Crippen LogP contribution < -0.4 is 0 Å². The first kappa shape index (κ1) is 11.5. The van der Waals surface area contributed by atoms with Gasteiger partial charge in [-0.25, -0.2) is 4.98 Å². The smallest absolute Gasteiger partial charge is 0.227 e.